The molecule has 2 heterocycles. The molecule has 1 aliphatic rings. The first-order chi connectivity index (χ1) is 9.20. The Balaban J connectivity index is 1.57. The summed E-state index contributed by atoms with van der Waals surface area (Å²) in [4.78, 5) is 8.04. The van der Waals surface area contributed by atoms with Crippen LogP contribution in [0.4, 0.5) is 5.13 Å². The number of hydrogen-bond acceptors (Lipinski definition) is 5. The fourth-order valence-electron chi connectivity index (χ4n) is 1.86. The second kappa shape index (κ2) is 5.91. The fraction of sp³-hybridized carbons (Fsp3) is 0.462. The fourth-order valence-corrected chi connectivity index (χ4v) is 3.88. The van der Waals surface area contributed by atoms with Crippen LogP contribution in [0.25, 0.3) is 0 Å². The van der Waals surface area contributed by atoms with Gasteiger partial charge in [0.2, 0.25) is 0 Å². The topological polar surface area (TPSA) is 28.2 Å². The molecular formula is C13H16BrN3S2. The summed E-state index contributed by atoms with van der Waals surface area (Å²) in [5.41, 5.74) is 1.33. The molecule has 6 heteroatoms. The summed E-state index contributed by atoms with van der Waals surface area (Å²) in [5, 5.41) is 6.80. The van der Waals surface area contributed by atoms with Gasteiger partial charge >= 0.3 is 0 Å². The molecule has 1 aliphatic carbocycles. The Hall–Kier alpha value is -0.430. The van der Waals surface area contributed by atoms with Crippen molar-refractivity contribution in [2.24, 2.45) is 0 Å². The van der Waals surface area contributed by atoms with E-state index in [1.807, 2.05) is 6.20 Å². The third-order valence-electron chi connectivity index (χ3n) is 3.05. The maximum atomic E-state index is 4.51. The van der Waals surface area contributed by atoms with E-state index >= 15 is 0 Å². The van der Waals surface area contributed by atoms with Gasteiger partial charge in [-0.1, -0.05) is 0 Å². The van der Waals surface area contributed by atoms with E-state index in [4.69, 9.17) is 0 Å². The molecule has 0 unspecified atom stereocenters. The molecular weight excluding hydrogens is 342 g/mol. The molecule has 0 amide bonds. The molecule has 1 saturated carbocycles. The number of aromatic nitrogens is 1. The van der Waals surface area contributed by atoms with Gasteiger partial charge in [0.1, 0.15) is 0 Å². The number of nitrogens with one attached hydrogen (secondary N) is 1. The summed E-state index contributed by atoms with van der Waals surface area (Å²) < 4.78 is 1.18. The molecule has 0 aliphatic heterocycles. The highest BCUT2D eigenvalue weighted by Gasteiger charge is 2.20. The minimum Gasteiger partial charge on any atom is -0.347 e. The summed E-state index contributed by atoms with van der Waals surface area (Å²) in [5.74, 6) is 0. The van der Waals surface area contributed by atoms with Crippen LogP contribution >= 0.6 is 38.6 Å². The van der Waals surface area contributed by atoms with Gasteiger partial charge in [-0.15, -0.1) is 22.7 Å². The number of halogens is 1. The summed E-state index contributed by atoms with van der Waals surface area (Å²) in [7, 11) is 2.10. The molecule has 3 rings (SSSR count). The standard InChI is InChI=1S/C13H16BrN3S2/c1-17(7-9-4-12(14)18-8-9)13-16-6-11(19-13)5-15-10-2-3-10/h4,6,8,10,15H,2-3,5,7H2,1H3. The van der Waals surface area contributed by atoms with Crippen molar-refractivity contribution in [1.29, 1.82) is 0 Å². The Bertz CT molecular complexity index is 548. The highest BCUT2D eigenvalue weighted by atomic mass is 79.9. The molecule has 0 saturated heterocycles. The van der Waals surface area contributed by atoms with Crippen LogP contribution in [0.5, 0.6) is 0 Å². The highest BCUT2D eigenvalue weighted by molar-refractivity contribution is 9.11. The third kappa shape index (κ3) is 3.78. The number of nitrogens with zero attached hydrogens (tertiary/aromatic N) is 2. The molecule has 19 heavy (non-hydrogen) atoms. The van der Waals surface area contributed by atoms with E-state index in [1.54, 1.807) is 22.7 Å². The van der Waals surface area contributed by atoms with Crippen molar-refractivity contribution < 1.29 is 0 Å². The average molecular weight is 358 g/mol. The van der Waals surface area contributed by atoms with Gasteiger partial charge in [0, 0.05) is 37.3 Å². The SMILES string of the molecule is CN(Cc1csc(Br)c1)c1ncc(CNC2CC2)s1. The van der Waals surface area contributed by atoms with Crippen LogP contribution in [0.15, 0.2) is 21.4 Å². The molecule has 2 aromatic heterocycles. The molecule has 0 radical (unpaired) electrons. The van der Waals surface area contributed by atoms with Crippen molar-refractivity contribution in [3.63, 3.8) is 0 Å². The van der Waals surface area contributed by atoms with Crippen molar-refractivity contribution in [3.8, 4) is 0 Å². The van der Waals surface area contributed by atoms with Gasteiger partial charge in [0.25, 0.3) is 0 Å². The van der Waals surface area contributed by atoms with Gasteiger partial charge in [-0.05, 0) is 45.8 Å². The zero-order valence-corrected chi connectivity index (χ0v) is 13.9. The van der Waals surface area contributed by atoms with Crippen LogP contribution < -0.4 is 10.2 Å². The zero-order chi connectivity index (χ0) is 13.2. The Labute approximate surface area is 129 Å². The second-order valence-corrected chi connectivity index (χ2v) is 8.26. The Morgan fingerprint density at radius 1 is 1.53 bits per heavy atom. The van der Waals surface area contributed by atoms with Gasteiger partial charge in [0.05, 0.1) is 3.79 Å². The number of hydrogen-bond donors (Lipinski definition) is 1. The second-order valence-electron chi connectivity index (χ2n) is 4.88. The van der Waals surface area contributed by atoms with E-state index in [0.717, 1.165) is 24.3 Å². The van der Waals surface area contributed by atoms with Crippen molar-refractivity contribution in [1.82, 2.24) is 10.3 Å². The lowest BCUT2D eigenvalue weighted by molar-refractivity contribution is 0.694. The summed E-state index contributed by atoms with van der Waals surface area (Å²) in [6, 6.07) is 2.93. The summed E-state index contributed by atoms with van der Waals surface area (Å²) >= 11 is 7.01. The van der Waals surface area contributed by atoms with Gasteiger partial charge < -0.3 is 10.2 Å². The van der Waals surface area contributed by atoms with E-state index < -0.39 is 0 Å². The zero-order valence-electron chi connectivity index (χ0n) is 10.7. The van der Waals surface area contributed by atoms with E-state index in [-0.39, 0.29) is 0 Å². The third-order valence-corrected chi connectivity index (χ3v) is 5.72. The van der Waals surface area contributed by atoms with Crippen molar-refractivity contribution in [2.45, 2.75) is 32.0 Å². The molecule has 0 atom stereocenters. The number of thiazole rings is 1. The van der Waals surface area contributed by atoms with Crippen molar-refractivity contribution in [3.05, 3.63) is 31.9 Å². The quantitative estimate of drug-likeness (QED) is 0.850. The first-order valence-electron chi connectivity index (χ1n) is 6.33. The van der Waals surface area contributed by atoms with Gasteiger partial charge in [-0.2, -0.15) is 0 Å². The molecule has 102 valence electrons. The monoisotopic (exact) mass is 357 g/mol. The predicted octanol–water partition coefficient (Wildman–Crippen LogP) is 3.86. The largest absolute Gasteiger partial charge is 0.347 e. The Morgan fingerprint density at radius 3 is 3.05 bits per heavy atom. The average Bonchev–Trinajstić information content (AvgIpc) is 2.94. The van der Waals surface area contributed by atoms with Gasteiger partial charge in [0.15, 0.2) is 5.13 Å². The maximum Gasteiger partial charge on any atom is 0.185 e. The minimum atomic E-state index is 0.756. The molecule has 3 nitrogen and oxygen atoms in total. The van der Waals surface area contributed by atoms with Crippen molar-refractivity contribution in [2.75, 3.05) is 11.9 Å². The van der Waals surface area contributed by atoms with E-state index in [0.29, 0.717) is 0 Å². The number of anilines is 1. The lowest BCUT2D eigenvalue weighted by Gasteiger charge is -2.14. The molecule has 1 fully saturated rings. The summed E-state index contributed by atoms with van der Waals surface area (Å²) in [6.07, 6.45) is 4.66. The van der Waals surface area contributed by atoms with E-state index in [1.165, 1.54) is 27.1 Å². The number of thiophene rings is 1. The summed E-state index contributed by atoms with van der Waals surface area (Å²) in [6.45, 7) is 1.87. The van der Waals surface area contributed by atoms with Gasteiger partial charge in [-0.3, -0.25) is 0 Å². The minimum absolute atomic E-state index is 0.756. The highest BCUT2D eigenvalue weighted by Crippen LogP contribution is 2.27. The predicted molar refractivity (Wildman–Crippen MR) is 86.1 cm³/mol. The Morgan fingerprint density at radius 2 is 2.37 bits per heavy atom. The van der Waals surface area contributed by atoms with Crippen LogP contribution in [0.3, 0.4) is 0 Å². The molecule has 0 aromatic carbocycles. The molecule has 0 spiro atoms. The molecule has 0 bridgehead atoms. The number of rotatable bonds is 6. The van der Waals surface area contributed by atoms with Crippen molar-refractivity contribution >= 4 is 43.7 Å². The lowest BCUT2D eigenvalue weighted by Crippen LogP contribution is -2.15. The van der Waals surface area contributed by atoms with E-state index in [2.05, 4.69) is 49.6 Å². The maximum absolute atomic E-state index is 4.51. The Kier molecular flexibility index (Phi) is 4.21. The first-order valence-corrected chi connectivity index (χ1v) is 8.82. The van der Waals surface area contributed by atoms with Crippen LogP contribution in [0.2, 0.25) is 0 Å². The van der Waals surface area contributed by atoms with Crippen LogP contribution in [0, 0.1) is 0 Å². The smallest absolute Gasteiger partial charge is 0.185 e. The normalized spacial score (nSPS) is 14.8. The van der Waals surface area contributed by atoms with E-state index in [9.17, 15) is 0 Å². The van der Waals surface area contributed by atoms with Crippen LogP contribution in [-0.2, 0) is 13.1 Å². The van der Waals surface area contributed by atoms with Crippen LogP contribution in [-0.4, -0.2) is 18.1 Å². The van der Waals surface area contributed by atoms with Crippen LogP contribution in [0.1, 0.15) is 23.3 Å². The molecule has 1 N–H and O–H groups in total. The first kappa shape index (κ1) is 13.5. The molecule has 2 aromatic rings. The van der Waals surface area contributed by atoms with Gasteiger partial charge in [-0.25, -0.2) is 4.98 Å². The lowest BCUT2D eigenvalue weighted by atomic mass is 10.3.